The molecule has 0 aliphatic heterocycles. The minimum absolute atomic E-state index is 0.110. The van der Waals surface area contributed by atoms with Gasteiger partial charge >= 0.3 is 0 Å². The summed E-state index contributed by atoms with van der Waals surface area (Å²) in [6.45, 7) is 15.2. The van der Waals surface area contributed by atoms with Crippen LogP contribution in [0.2, 0.25) is 0 Å². The predicted molar refractivity (Wildman–Crippen MR) is 66.9 cm³/mol. The van der Waals surface area contributed by atoms with Crippen LogP contribution in [0.3, 0.4) is 0 Å². The average molecular weight is 215 g/mol. The molecule has 0 saturated carbocycles. The Morgan fingerprint density at radius 3 is 1.87 bits per heavy atom. The van der Waals surface area contributed by atoms with Crippen LogP contribution in [-0.4, -0.2) is 18.2 Å². The third kappa shape index (κ3) is 4.98. The van der Waals surface area contributed by atoms with Crippen LogP contribution < -0.4 is 5.73 Å². The van der Waals surface area contributed by atoms with Crippen molar-refractivity contribution in [3.8, 4) is 0 Å². The maximum Gasteiger partial charge on any atom is 0.0777 e. The maximum absolute atomic E-state index is 6.13. The van der Waals surface area contributed by atoms with E-state index < -0.39 is 0 Å². The molecule has 3 unspecified atom stereocenters. The molecular formula is C13H29NO. The van der Waals surface area contributed by atoms with E-state index in [9.17, 15) is 0 Å². The molecule has 0 heterocycles. The van der Waals surface area contributed by atoms with Gasteiger partial charge in [-0.3, -0.25) is 0 Å². The van der Waals surface area contributed by atoms with E-state index in [1.807, 2.05) is 0 Å². The van der Waals surface area contributed by atoms with Crippen molar-refractivity contribution in [2.45, 2.75) is 73.1 Å². The highest BCUT2D eigenvalue weighted by molar-refractivity contribution is 4.84. The molecule has 0 saturated heterocycles. The zero-order chi connectivity index (χ0) is 12.2. The normalized spacial score (nSPS) is 19.0. The Morgan fingerprint density at radius 1 is 1.13 bits per heavy atom. The van der Waals surface area contributed by atoms with Crippen molar-refractivity contribution in [1.29, 1.82) is 0 Å². The number of hydrogen-bond donors (Lipinski definition) is 1. The molecule has 0 aliphatic rings. The van der Waals surface area contributed by atoms with Gasteiger partial charge in [-0.25, -0.2) is 0 Å². The first kappa shape index (κ1) is 14.9. The van der Waals surface area contributed by atoms with Gasteiger partial charge in [-0.15, -0.1) is 0 Å². The van der Waals surface area contributed by atoms with Crippen LogP contribution in [-0.2, 0) is 4.74 Å². The van der Waals surface area contributed by atoms with Crippen molar-refractivity contribution in [1.82, 2.24) is 0 Å². The van der Waals surface area contributed by atoms with E-state index in [2.05, 4.69) is 48.5 Å². The second-order valence-corrected chi connectivity index (χ2v) is 5.94. The molecule has 2 N–H and O–H groups in total. The van der Waals surface area contributed by atoms with Gasteiger partial charge < -0.3 is 10.5 Å². The van der Waals surface area contributed by atoms with Crippen molar-refractivity contribution >= 4 is 0 Å². The zero-order valence-electron chi connectivity index (χ0n) is 11.5. The lowest BCUT2D eigenvalue weighted by Gasteiger charge is -2.37. The summed E-state index contributed by atoms with van der Waals surface area (Å²) in [7, 11) is 0. The van der Waals surface area contributed by atoms with E-state index in [-0.39, 0.29) is 23.7 Å². The smallest absolute Gasteiger partial charge is 0.0777 e. The Kier molecular flexibility index (Phi) is 5.82. The largest absolute Gasteiger partial charge is 0.373 e. The van der Waals surface area contributed by atoms with Crippen LogP contribution in [0, 0.1) is 11.3 Å². The Morgan fingerprint density at radius 2 is 1.60 bits per heavy atom. The van der Waals surface area contributed by atoms with E-state index in [0.29, 0.717) is 5.92 Å². The third-order valence-electron chi connectivity index (χ3n) is 3.01. The van der Waals surface area contributed by atoms with E-state index in [1.54, 1.807) is 0 Å². The molecule has 2 heteroatoms. The van der Waals surface area contributed by atoms with Gasteiger partial charge in [0.05, 0.1) is 12.2 Å². The summed E-state index contributed by atoms with van der Waals surface area (Å²) >= 11 is 0. The van der Waals surface area contributed by atoms with Gasteiger partial charge in [-0.1, -0.05) is 41.5 Å². The van der Waals surface area contributed by atoms with Gasteiger partial charge in [-0.05, 0) is 24.7 Å². The van der Waals surface area contributed by atoms with Gasteiger partial charge in [0.2, 0.25) is 0 Å². The Balaban J connectivity index is 4.52. The van der Waals surface area contributed by atoms with Crippen LogP contribution in [0.4, 0.5) is 0 Å². The molecule has 0 fully saturated rings. The van der Waals surface area contributed by atoms with Crippen molar-refractivity contribution in [3.05, 3.63) is 0 Å². The second kappa shape index (κ2) is 5.86. The van der Waals surface area contributed by atoms with Crippen molar-refractivity contribution in [2.24, 2.45) is 17.1 Å². The number of nitrogens with two attached hydrogens (primary N) is 1. The Bertz CT molecular complexity index is 172. The van der Waals surface area contributed by atoms with Gasteiger partial charge in [-0.2, -0.15) is 0 Å². The fourth-order valence-electron chi connectivity index (χ4n) is 1.55. The molecule has 0 spiro atoms. The quantitative estimate of drug-likeness (QED) is 0.764. The highest BCUT2D eigenvalue weighted by Crippen LogP contribution is 2.27. The van der Waals surface area contributed by atoms with Crippen molar-refractivity contribution < 1.29 is 4.74 Å². The second-order valence-electron chi connectivity index (χ2n) is 5.94. The molecule has 0 aromatic rings. The van der Waals surface area contributed by atoms with E-state index in [0.717, 1.165) is 6.42 Å². The van der Waals surface area contributed by atoms with Gasteiger partial charge in [0, 0.05) is 6.04 Å². The summed E-state index contributed by atoms with van der Waals surface area (Å²) in [4.78, 5) is 0. The summed E-state index contributed by atoms with van der Waals surface area (Å²) < 4.78 is 6.10. The Labute approximate surface area is 95.6 Å². The first-order valence-electron chi connectivity index (χ1n) is 6.11. The summed E-state index contributed by atoms with van der Waals surface area (Å²) in [6, 6.07) is 0.131. The highest BCUT2D eigenvalue weighted by Gasteiger charge is 2.32. The number of ether oxygens (including phenoxy) is 1. The molecule has 0 radical (unpaired) electrons. The Hall–Kier alpha value is -0.0800. The van der Waals surface area contributed by atoms with E-state index in [4.69, 9.17) is 10.5 Å². The molecule has 92 valence electrons. The SMILES string of the molecule is CCC(N)C(OC(C)C(C)C)C(C)(C)C. The van der Waals surface area contributed by atoms with Gasteiger partial charge in [0.1, 0.15) is 0 Å². The molecule has 15 heavy (non-hydrogen) atoms. The topological polar surface area (TPSA) is 35.2 Å². The fraction of sp³-hybridized carbons (Fsp3) is 1.00. The summed E-state index contributed by atoms with van der Waals surface area (Å²) in [6.07, 6.45) is 1.37. The van der Waals surface area contributed by atoms with Crippen LogP contribution in [0.25, 0.3) is 0 Å². The standard InChI is InChI=1S/C13H29NO/c1-8-11(14)12(13(5,6)7)15-10(4)9(2)3/h9-12H,8,14H2,1-7H3. The van der Waals surface area contributed by atoms with Gasteiger partial charge in [0.25, 0.3) is 0 Å². The maximum atomic E-state index is 6.13. The lowest BCUT2D eigenvalue weighted by molar-refractivity contribution is -0.0875. The van der Waals surface area contributed by atoms with Crippen molar-refractivity contribution in [3.63, 3.8) is 0 Å². The molecule has 0 aromatic heterocycles. The molecule has 0 rings (SSSR count). The first-order chi connectivity index (χ1) is 6.70. The number of rotatable bonds is 5. The minimum Gasteiger partial charge on any atom is -0.373 e. The van der Waals surface area contributed by atoms with E-state index in [1.165, 1.54) is 0 Å². The molecule has 0 amide bonds. The predicted octanol–water partition coefficient (Wildman–Crippen LogP) is 3.20. The molecule has 0 aromatic carbocycles. The lowest BCUT2D eigenvalue weighted by Crippen LogP contribution is -2.47. The third-order valence-corrected chi connectivity index (χ3v) is 3.01. The summed E-state index contributed by atoms with van der Waals surface area (Å²) in [5.74, 6) is 0.541. The zero-order valence-corrected chi connectivity index (χ0v) is 11.5. The van der Waals surface area contributed by atoms with Gasteiger partial charge in [0.15, 0.2) is 0 Å². The first-order valence-corrected chi connectivity index (χ1v) is 6.11. The van der Waals surface area contributed by atoms with Crippen LogP contribution in [0.15, 0.2) is 0 Å². The highest BCUT2D eigenvalue weighted by atomic mass is 16.5. The molecule has 3 atom stereocenters. The van der Waals surface area contributed by atoms with Crippen LogP contribution >= 0.6 is 0 Å². The molecule has 0 aliphatic carbocycles. The molecule has 2 nitrogen and oxygen atoms in total. The monoisotopic (exact) mass is 215 g/mol. The summed E-state index contributed by atoms with van der Waals surface area (Å²) in [5, 5.41) is 0. The van der Waals surface area contributed by atoms with Crippen molar-refractivity contribution in [2.75, 3.05) is 0 Å². The summed E-state index contributed by atoms with van der Waals surface area (Å²) in [5.41, 5.74) is 6.24. The lowest BCUT2D eigenvalue weighted by atomic mass is 9.83. The van der Waals surface area contributed by atoms with Crippen LogP contribution in [0.5, 0.6) is 0 Å². The average Bonchev–Trinajstić information content (AvgIpc) is 2.10. The minimum atomic E-state index is 0.110. The molecule has 0 bridgehead atoms. The van der Waals surface area contributed by atoms with Crippen LogP contribution in [0.1, 0.15) is 54.9 Å². The molecular weight excluding hydrogens is 186 g/mol. The number of hydrogen-bond acceptors (Lipinski definition) is 2. The van der Waals surface area contributed by atoms with E-state index >= 15 is 0 Å². The fourth-order valence-corrected chi connectivity index (χ4v) is 1.55.